The van der Waals surface area contributed by atoms with Crippen molar-refractivity contribution in [3.8, 4) is 6.07 Å². The van der Waals surface area contributed by atoms with Gasteiger partial charge in [0.25, 0.3) is 0 Å². The molecule has 1 rings (SSSR count). The fraction of sp³-hybridized carbons (Fsp3) is 0.538. The first-order valence-corrected chi connectivity index (χ1v) is 5.30. The van der Waals surface area contributed by atoms with Crippen LogP contribution in [0.4, 0.5) is 0 Å². The van der Waals surface area contributed by atoms with Gasteiger partial charge in [-0.25, -0.2) is 0 Å². The summed E-state index contributed by atoms with van der Waals surface area (Å²) in [5.74, 6) is -1.17. The third-order valence-corrected chi connectivity index (χ3v) is 3.11. The van der Waals surface area contributed by atoms with Crippen LogP contribution < -0.4 is 0 Å². The minimum absolute atomic E-state index is 0.0322. The number of carboxylic acid groups (broad SMARTS) is 1. The van der Waals surface area contributed by atoms with Crippen molar-refractivity contribution in [2.45, 2.75) is 27.7 Å². The number of carboxylic acids is 1. The average molecular weight is 219 g/mol. The fourth-order valence-electron chi connectivity index (χ4n) is 2.08. The quantitative estimate of drug-likeness (QED) is 0.586. The van der Waals surface area contributed by atoms with E-state index in [4.69, 9.17) is 10.4 Å². The molecule has 1 aliphatic carbocycles. The van der Waals surface area contributed by atoms with Gasteiger partial charge in [0.05, 0.1) is 12.0 Å². The Kier molecular flexibility index (Phi) is 3.23. The Bertz CT molecular complexity index is 406. The van der Waals surface area contributed by atoms with Crippen LogP contribution in [-0.2, 0) is 4.79 Å². The minimum atomic E-state index is -0.777. The normalized spacial score (nSPS) is 26.8. The standard InChI is InChI=1S/C13H17NO2/c1-8(2)5-9(7-14)6-10-11(12(15)16)13(10,3)4/h5-6,10-11H,1-4H3,(H,15,16)/t10-,11+/m1/s1. The summed E-state index contributed by atoms with van der Waals surface area (Å²) in [6.07, 6.45) is 3.57. The number of rotatable bonds is 3. The molecule has 0 aromatic heterocycles. The topological polar surface area (TPSA) is 61.1 Å². The van der Waals surface area contributed by atoms with Gasteiger partial charge in [0.15, 0.2) is 0 Å². The van der Waals surface area contributed by atoms with Crippen LogP contribution in [0.15, 0.2) is 23.3 Å². The molecule has 0 aromatic rings. The van der Waals surface area contributed by atoms with E-state index in [1.807, 2.05) is 27.7 Å². The monoisotopic (exact) mass is 219 g/mol. The zero-order valence-corrected chi connectivity index (χ0v) is 10.1. The lowest BCUT2D eigenvalue weighted by atomic mass is 10.1. The Morgan fingerprint density at radius 2 is 2.00 bits per heavy atom. The third-order valence-electron chi connectivity index (χ3n) is 3.11. The maximum absolute atomic E-state index is 11.0. The van der Waals surface area contributed by atoms with E-state index in [9.17, 15) is 4.79 Å². The van der Waals surface area contributed by atoms with Crippen molar-refractivity contribution in [1.82, 2.24) is 0 Å². The largest absolute Gasteiger partial charge is 0.481 e. The number of nitriles is 1. The first kappa shape index (κ1) is 12.5. The summed E-state index contributed by atoms with van der Waals surface area (Å²) in [6, 6.07) is 2.09. The van der Waals surface area contributed by atoms with Crippen LogP contribution in [0.25, 0.3) is 0 Å². The molecule has 0 radical (unpaired) electrons. The highest BCUT2D eigenvalue weighted by atomic mass is 16.4. The molecular formula is C13H17NO2. The number of allylic oxidation sites excluding steroid dienone is 4. The van der Waals surface area contributed by atoms with Gasteiger partial charge in [-0.3, -0.25) is 4.79 Å². The van der Waals surface area contributed by atoms with Crippen LogP contribution >= 0.6 is 0 Å². The molecule has 0 saturated heterocycles. The third kappa shape index (κ3) is 2.33. The molecule has 1 aliphatic rings. The molecule has 16 heavy (non-hydrogen) atoms. The summed E-state index contributed by atoms with van der Waals surface area (Å²) in [5.41, 5.74) is 1.36. The van der Waals surface area contributed by atoms with E-state index in [0.29, 0.717) is 5.57 Å². The predicted molar refractivity (Wildman–Crippen MR) is 61.5 cm³/mol. The molecule has 86 valence electrons. The van der Waals surface area contributed by atoms with Crippen LogP contribution in [-0.4, -0.2) is 11.1 Å². The lowest BCUT2D eigenvalue weighted by Crippen LogP contribution is -2.03. The van der Waals surface area contributed by atoms with Crippen molar-refractivity contribution in [3.63, 3.8) is 0 Å². The number of carbonyl (C=O) groups is 1. The lowest BCUT2D eigenvalue weighted by molar-refractivity contribution is -0.139. The van der Waals surface area contributed by atoms with Crippen molar-refractivity contribution < 1.29 is 9.90 Å². The van der Waals surface area contributed by atoms with E-state index in [-0.39, 0.29) is 17.3 Å². The second kappa shape index (κ2) is 4.13. The highest BCUT2D eigenvalue weighted by Crippen LogP contribution is 2.59. The van der Waals surface area contributed by atoms with Crippen molar-refractivity contribution in [1.29, 1.82) is 5.26 Å². The Morgan fingerprint density at radius 3 is 2.31 bits per heavy atom. The highest BCUT2D eigenvalue weighted by molar-refractivity contribution is 5.76. The van der Waals surface area contributed by atoms with Gasteiger partial charge in [0.2, 0.25) is 0 Å². The van der Waals surface area contributed by atoms with E-state index < -0.39 is 5.97 Å². The Morgan fingerprint density at radius 1 is 1.44 bits per heavy atom. The second-order valence-electron chi connectivity index (χ2n) is 5.12. The molecule has 0 aromatic carbocycles. The Balaban J connectivity index is 2.91. The molecule has 0 spiro atoms. The van der Waals surface area contributed by atoms with Gasteiger partial charge < -0.3 is 5.11 Å². The van der Waals surface area contributed by atoms with Gasteiger partial charge in [0.1, 0.15) is 0 Å². The molecular weight excluding hydrogens is 202 g/mol. The Hall–Kier alpha value is -1.56. The number of hydrogen-bond donors (Lipinski definition) is 1. The predicted octanol–water partition coefficient (Wildman–Crippen LogP) is 2.76. The molecule has 0 amide bonds. The summed E-state index contributed by atoms with van der Waals surface area (Å²) in [7, 11) is 0. The smallest absolute Gasteiger partial charge is 0.307 e. The molecule has 0 heterocycles. The van der Waals surface area contributed by atoms with Crippen molar-refractivity contribution >= 4 is 5.97 Å². The van der Waals surface area contributed by atoms with Crippen molar-refractivity contribution in [3.05, 3.63) is 23.3 Å². The van der Waals surface area contributed by atoms with Gasteiger partial charge in [-0.2, -0.15) is 5.26 Å². The maximum atomic E-state index is 11.0. The fourth-order valence-corrected chi connectivity index (χ4v) is 2.08. The van der Waals surface area contributed by atoms with Crippen LogP contribution in [0.2, 0.25) is 0 Å². The SMILES string of the molecule is CC(C)=CC(C#N)=C[C@@H]1[C@@H](C(=O)O)C1(C)C. The average Bonchev–Trinajstić information content (AvgIpc) is 2.66. The first-order chi connectivity index (χ1) is 7.30. The first-order valence-electron chi connectivity index (χ1n) is 5.30. The molecule has 0 bridgehead atoms. The summed E-state index contributed by atoms with van der Waals surface area (Å²) < 4.78 is 0. The molecule has 1 fully saturated rings. The second-order valence-corrected chi connectivity index (χ2v) is 5.12. The molecule has 2 atom stereocenters. The van der Waals surface area contributed by atoms with E-state index in [0.717, 1.165) is 5.57 Å². The molecule has 3 heteroatoms. The van der Waals surface area contributed by atoms with E-state index in [1.54, 1.807) is 12.2 Å². The van der Waals surface area contributed by atoms with Crippen LogP contribution in [0.3, 0.4) is 0 Å². The molecule has 0 aliphatic heterocycles. The van der Waals surface area contributed by atoms with E-state index in [1.165, 1.54) is 0 Å². The zero-order chi connectivity index (χ0) is 12.5. The molecule has 3 nitrogen and oxygen atoms in total. The van der Waals surface area contributed by atoms with Crippen LogP contribution in [0.5, 0.6) is 0 Å². The lowest BCUT2D eigenvalue weighted by Gasteiger charge is -1.97. The number of hydrogen-bond acceptors (Lipinski definition) is 2. The Labute approximate surface area is 96.1 Å². The van der Waals surface area contributed by atoms with Crippen molar-refractivity contribution in [2.75, 3.05) is 0 Å². The van der Waals surface area contributed by atoms with Gasteiger partial charge in [0, 0.05) is 5.57 Å². The van der Waals surface area contributed by atoms with Gasteiger partial charge >= 0.3 is 5.97 Å². The van der Waals surface area contributed by atoms with Gasteiger partial charge in [-0.05, 0) is 31.3 Å². The zero-order valence-electron chi connectivity index (χ0n) is 10.1. The van der Waals surface area contributed by atoms with Gasteiger partial charge in [-0.1, -0.05) is 25.5 Å². The minimum Gasteiger partial charge on any atom is -0.481 e. The highest BCUT2D eigenvalue weighted by Gasteiger charge is 2.60. The summed E-state index contributed by atoms with van der Waals surface area (Å²) in [5, 5.41) is 17.9. The maximum Gasteiger partial charge on any atom is 0.307 e. The summed E-state index contributed by atoms with van der Waals surface area (Å²) >= 11 is 0. The molecule has 1 saturated carbocycles. The van der Waals surface area contributed by atoms with Crippen LogP contribution in [0.1, 0.15) is 27.7 Å². The molecule has 0 unspecified atom stereocenters. The van der Waals surface area contributed by atoms with Gasteiger partial charge in [-0.15, -0.1) is 0 Å². The summed E-state index contributed by atoms with van der Waals surface area (Å²) in [6.45, 7) is 7.67. The number of nitrogens with zero attached hydrogens (tertiary/aromatic N) is 1. The van der Waals surface area contributed by atoms with E-state index >= 15 is 0 Å². The van der Waals surface area contributed by atoms with Crippen LogP contribution in [0, 0.1) is 28.6 Å². The summed E-state index contributed by atoms with van der Waals surface area (Å²) in [4.78, 5) is 11.0. The number of aliphatic carboxylic acids is 1. The van der Waals surface area contributed by atoms with Crippen molar-refractivity contribution in [2.24, 2.45) is 17.3 Å². The van der Waals surface area contributed by atoms with E-state index in [2.05, 4.69) is 6.07 Å². The molecule has 1 N–H and O–H groups in total.